The molecule has 0 aromatic carbocycles. The van der Waals surface area contributed by atoms with E-state index in [1.54, 1.807) is 11.3 Å². The average molecular weight is 314 g/mol. The Kier molecular flexibility index (Phi) is 5.22. The largest absolute Gasteiger partial charge is 0.352 e. The first-order chi connectivity index (χ1) is 10.8. The molecule has 0 atom stereocenters. The highest BCUT2D eigenvalue weighted by molar-refractivity contribution is 7.13. The van der Waals surface area contributed by atoms with Crippen LogP contribution in [-0.4, -0.2) is 10.9 Å². The summed E-state index contributed by atoms with van der Waals surface area (Å²) in [4.78, 5) is 17.5. The monoisotopic (exact) mass is 314 g/mol. The lowest BCUT2D eigenvalue weighted by Crippen LogP contribution is -2.23. The van der Waals surface area contributed by atoms with Crippen LogP contribution in [0.25, 0.3) is 10.6 Å². The molecule has 0 aliphatic heterocycles. The minimum absolute atomic E-state index is 0.168. The highest BCUT2D eigenvalue weighted by atomic mass is 32.1. The zero-order valence-corrected chi connectivity index (χ0v) is 13.6. The van der Waals surface area contributed by atoms with Crippen molar-refractivity contribution >= 4 is 17.2 Å². The normalized spacial score (nSPS) is 15.1. The Morgan fingerprint density at radius 1 is 1.32 bits per heavy atom. The number of carbonyl (C=O) groups is 1. The molecule has 1 amide bonds. The molecule has 2 aromatic heterocycles. The van der Waals surface area contributed by atoms with Crippen LogP contribution in [0, 0.1) is 5.92 Å². The molecule has 1 aliphatic rings. The second-order valence-electron chi connectivity index (χ2n) is 5.99. The fourth-order valence-corrected chi connectivity index (χ4v) is 3.76. The van der Waals surface area contributed by atoms with Gasteiger partial charge in [0.2, 0.25) is 5.91 Å². The van der Waals surface area contributed by atoms with E-state index in [0.717, 1.165) is 28.5 Å². The third-order valence-electron chi connectivity index (χ3n) is 4.34. The standard InChI is InChI=1S/C18H22N2OS/c21-18(8-7-14-4-1-2-5-14)20-13-15-9-10-19-16(12-15)17-6-3-11-22-17/h3,6,9-12,14H,1-2,4-5,7-8,13H2,(H,20,21). The number of nitrogens with zero attached hydrogens (tertiary/aromatic N) is 1. The van der Waals surface area contributed by atoms with Crippen LogP contribution >= 0.6 is 11.3 Å². The van der Waals surface area contributed by atoms with Gasteiger partial charge in [0.1, 0.15) is 0 Å². The summed E-state index contributed by atoms with van der Waals surface area (Å²) < 4.78 is 0. The molecule has 0 bridgehead atoms. The van der Waals surface area contributed by atoms with Gasteiger partial charge in [0.15, 0.2) is 0 Å². The van der Waals surface area contributed by atoms with E-state index in [9.17, 15) is 4.79 Å². The van der Waals surface area contributed by atoms with Crippen molar-refractivity contribution in [3.05, 3.63) is 41.4 Å². The van der Waals surface area contributed by atoms with Crippen molar-refractivity contribution in [2.45, 2.75) is 45.1 Å². The van der Waals surface area contributed by atoms with Gasteiger partial charge in [-0.2, -0.15) is 0 Å². The number of hydrogen-bond acceptors (Lipinski definition) is 3. The number of carbonyl (C=O) groups excluding carboxylic acids is 1. The Labute approximate surface area is 135 Å². The van der Waals surface area contributed by atoms with Gasteiger partial charge in [0.05, 0.1) is 10.6 Å². The van der Waals surface area contributed by atoms with Crippen molar-refractivity contribution in [2.24, 2.45) is 5.92 Å². The van der Waals surface area contributed by atoms with Crippen molar-refractivity contribution in [1.82, 2.24) is 10.3 Å². The summed E-state index contributed by atoms with van der Waals surface area (Å²) >= 11 is 1.68. The SMILES string of the molecule is O=C(CCC1CCCC1)NCc1ccnc(-c2cccs2)c1. The molecule has 0 saturated heterocycles. The molecule has 0 spiro atoms. The van der Waals surface area contributed by atoms with Crippen LogP contribution in [0.4, 0.5) is 0 Å². The molecule has 2 heterocycles. The summed E-state index contributed by atoms with van der Waals surface area (Å²) in [6.07, 6.45) is 8.82. The molecule has 22 heavy (non-hydrogen) atoms. The van der Waals surface area contributed by atoms with E-state index in [-0.39, 0.29) is 5.91 Å². The van der Waals surface area contributed by atoms with Crippen LogP contribution in [0.3, 0.4) is 0 Å². The van der Waals surface area contributed by atoms with Gasteiger partial charge in [-0.05, 0) is 41.5 Å². The van der Waals surface area contributed by atoms with E-state index < -0.39 is 0 Å². The molecule has 116 valence electrons. The summed E-state index contributed by atoms with van der Waals surface area (Å²) in [6.45, 7) is 0.588. The summed E-state index contributed by atoms with van der Waals surface area (Å²) in [6, 6.07) is 8.12. The summed E-state index contributed by atoms with van der Waals surface area (Å²) in [7, 11) is 0. The van der Waals surface area contributed by atoms with Gasteiger partial charge in [-0.15, -0.1) is 11.3 Å². The Morgan fingerprint density at radius 3 is 2.95 bits per heavy atom. The van der Waals surface area contributed by atoms with Gasteiger partial charge in [-0.3, -0.25) is 9.78 Å². The Hall–Kier alpha value is -1.68. The van der Waals surface area contributed by atoms with Gasteiger partial charge >= 0.3 is 0 Å². The number of amides is 1. The Morgan fingerprint density at radius 2 is 2.18 bits per heavy atom. The van der Waals surface area contributed by atoms with Crippen molar-refractivity contribution in [1.29, 1.82) is 0 Å². The molecule has 1 fully saturated rings. The third-order valence-corrected chi connectivity index (χ3v) is 5.23. The van der Waals surface area contributed by atoms with E-state index in [2.05, 4.69) is 27.8 Å². The smallest absolute Gasteiger partial charge is 0.220 e. The number of hydrogen-bond donors (Lipinski definition) is 1. The molecule has 1 saturated carbocycles. The molecule has 1 N–H and O–H groups in total. The lowest BCUT2D eigenvalue weighted by Gasteiger charge is -2.09. The van der Waals surface area contributed by atoms with Gasteiger partial charge < -0.3 is 5.32 Å². The quantitative estimate of drug-likeness (QED) is 0.859. The first-order valence-corrected chi connectivity index (χ1v) is 8.95. The lowest BCUT2D eigenvalue weighted by molar-refractivity contribution is -0.121. The van der Waals surface area contributed by atoms with E-state index >= 15 is 0 Å². The van der Waals surface area contributed by atoms with Gasteiger partial charge in [0.25, 0.3) is 0 Å². The minimum atomic E-state index is 0.168. The lowest BCUT2D eigenvalue weighted by atomic mass is 10.0. The number of rotatable bonds is 6. The van der Waals surface area contributed by atoms with Crippen molar-refractivity contribution in [2.75, 3.05) is 0 Å². The van der Waals surface area contributed by atoms with Crippen molar-refractivity contribution in [3.8, 4) is 10.6 Å². The maximum Gasteiger partial charge on any atom is 0.220 e. The molecule has 3 nitrogen and oxygen atoms in total. The van der Waals surface area contributed by atoms with E-state index in [4.69, 9.17) is 0 Å². The maximum atomic E-state index is 12.0. The summed E-state index contributed by atoms with van der Waals surface area (Å²) in [5.41, 5.74) is 2.08. The molecular weight excluding hydrogens is 292 g/mol. The first-order valence-electron chi connectivity index (χ1n) is 8.07. The molecule has 0 unspecified atom stereocenters. The topological polar surface area (TPSA) is 42.0 Å². The zero-order valence-electron chi connectivity index (χ0n) is 12.8. The van der Waals surface area contributed by atoms with E-state index in [1.165, 1.54) is 25.7 Å². The number of pyridine rings is 1. The van der Waals surface area contributed by atoms with Gasteiger partial charge in [-0.25, -0.2) is 0 Å². The summed E-state index contributed by atoms with van der Waals surface area (Å²) in [5.74, 6) is 0.943. The molecular formula is C18H22N2OS. The number of thiophene rings is 1. The van der Waals surface area contributed by atoms with Crippen LogP contribution in [0.1, 0.15) is 44.1 Å². The number of nitrogens with one attached hydrogen (secondary N) is 1. The Balaban J connectivity index is 1.48. The van der Waals surface area contributed by atoms with E-state index in [1.807, 2.05) is 18.3 Å². The van der Waals surface area contributed by atoms with Crippen molar-refractivity contribution < 1.29 is 4.79 Å². The van der Waals surface area contributed by atoms with Crippen LogP contribution in [0.5, 0.6) is 0 Å². The van der Waals surface area contributed by atoms with E-state index in [0.29, 0.717) is 13.0 Å². The molecule has 1 aliphatic carbocycles. The maximum absolute atomic E-state index is 12.0. The van der Waals surface area contributed by atoms with Crippen LogP contribution in [-0.2, 0) is 11.3 Å². The third kappa shape index (κ3) is 4.17. The minimum Gasteiger partial charge on any atom is -0.352 e. The zero-order chi connectivity index (χ0) is 15.2. The number of aromatic nitrogens is 1. The fourth-order valence-electron chi connectivity index (χ4n) is 3.07. The Bertz CT molecular complexity index is 603. The fraction of sp³-hybridized carbons (Fsp3) is 0.444. The highest BCUT2D eigenvalue weighted by Gasteiger charge is 2.16. The average Bonchev–Trinajstić information content (AvgIpc) is 3.24. The second kappa shape index (κ2) is 7.54. The van der Waals surface area contributed by atoms with Crippen molar-refractivity contribution in [3.63, 3.8) is 0 Å². The molecule has 2 aromatic rings. The molecule has 0 radical (unpaired) electrons. The predicted molar refractivity (Wildman–Crippen MR) is 90.6 cm³/mol. The first kappa shape index (κ1) is 15.2. The highest BCUT2D eigenvalue weighted by Crippen LogP contribution is 2.28. The second-order valence-corrected chi connectivity index (χ2v) is 6.94. The van der Waals surface area contributed by atoms with Crippen LogP contribution in [0.2, 0.25) is 0 Å². The summed E-state index contributed by atoms with van der Waals surface area (Å²) in [5, 5.41) is 5.08. The predicted octanol–water partition coefficient (Wildman–Crippen LogP) is 4.40. The molecule has 4 heteroatoms. The van der Waals surface area contributed by atoms with Crippen LogP contribution in [0.15, 0.2) is 35.8 Å². The van der Waals surface area contributed by atoms with Gasteiger partial charge in [-0.1, -0.05) is 31.7 Å². The molecule has 3 rings (SSSR count). The van der Waals surface area contributed by atoms with Gasteiger partial charge in [0, 0.05) is 19.2 Å². The van der Waals surface area contributed by atoms with Crippen LogP contribution < -0.4 is 5.32 Å².